The smallest absolute Gasteiger partial charge is 0 e. The molecule has 0 aromatic carbocycles. The van der Waals surface area contributed by atoms with Crippen molar-refractivity contribution in [3.8, 4) is 0 Å². The van der Waals surface area contributed by atoms with Crippen molar-refractivity contribution in [1.29, 1.82) is 0 Å². The monoisotopic (exact) mass is 434 g/mol. The second-order valence-electron chi connectivity index (χ2n) is 2.86. The molecule has 0 unspecified atom stereocenters. The Morgan fingerprint density at radius 2 is 1.00 bits per heavy atom. The van der Waals surface area contributed by atoms with Crippen molar-refractivity contribution in [1.82, 2.24) is 0 Å². The van der Waals surface area contributed by atoms with Gasteiger partial charge in [0.2, 0.25) is 0 Å². The van der Waals surface area contributed by atoms with Gasteiger partial charge in [-0.2, -0.15) is 0 Å². The first-order chi connectivity index (χ1) is 12.3. The van der Waals surface area contributed by atoms with Crippen LogP contribution in [0.1, 0.15) is 6.92 Å². The van der Waals surface area contributed by atoms with Crippen LogP contribution in [0, 0.1) is 97.0 Å². The Bertz CT molecular complexity index is 310. The molecular formula is C18H14CrFeO6. The van der Waals surface area contributed by atoms with Gasteiger partial charge in [0.25, 0.3) is 0 Å². The summed E-state index contributed by atoms with van der Waals surface area (Å²) in [6.45, 7) is 25.2. The molecule has 0 spiro atoms. The van der Waals surface area contributed by atoms with E-state index < -0.39 is 0 Å². The minimum atomic E-state index is 0. The zero-order valence-electron chi connectivity index (χ0n) is 13.6. The molecule has 2 rings (SSSR count). The summed E-state index contributed by atoms with van der Waals surface area (Å²) in [6, 6.07) is 0. The predicted molar refractivity (Wildman–Crippen MR) is 78.2 cm³/mol. The first kappa shape index (κ1) is 40.3. The molecule has 0 atom stereocenters. The van der Waals surface area contributed by atoms with Gasteiger partial charge in [-0.3, -0.25) is 0 Å². The van der Waals surface area contributed by atoms with Crippen LogP contribution in [0.4, 0.5) is 0 Å². The molecule has 2 aliphatic rings. The molecule has 6 nitrogen and oxygen atoms in total. The topological polar surface area (TPSA) is 109 Å². The van der Waals surface area contributed by atoms with Gasteiger partial charge in [0.15, 0.2) is 0 Å². The summed E-state index contributed by atoms with van der Waals surface area (Å²) >= 11 is 2.87. The van der Waals surface area contributed by atoms with Gasteiger partial charge in [-0.1, -0.05) is 0 Å². The summed E-state index contributed by atoms with van der Waals surface area (Å²) in [6.07, 6.45) is 18.0. The molecule has 2 saturated carbocycles. The van der Waals surface area contributed by atoms with Gasteiger partial charge in [-0.15, -0.1) is 0 Å². The second-order valence-corrected chi connectivity index (χ2v) is 3.44. The van der Waals surface area contributed by atoms with E-state index in [1.807, 2.05) is 64.7 Å². The van der Waals surface area contributed by atoms with Crippen LogP contribution in [-0.4, -0.2) is 11.2 Å². The molecule has 10 radical (unpaired) electrons. The first-order valence-electron chi connectivity index (χ1n) is 5.92. The van der Waals surface area contributed by atoms with Crippen molar-refractivity contribution in [3.05, 3.63) is 97.0 Å². The van der Waals surface area contributed by atoms with Gasteiger partial charge in [0, 0.05) is 17.1 Å². The Morgan fingerprint density at radius 3 is 1.23 bits per heavy atom. The van der Waals surface area contributed by atoms with E-state index in [0.717, 1.165) is 10.5 Å². The predicted octanol–water partition coefficient (Wildman–Crippen LogP) is 1.94. The van der Waals surface area contributed by atoms with Gasteiger partial charge in [0.05, 0.1) is 0 Å². The molecule has 2 aliphatic carbocycles. The van der Waals surface area contributed by atoms with Crippen LogP contribution >= 0.6 is 0 Å². The molecule has 0 bridgehead atoms. The van der Waals surface area contributed by atoms with Gasteiger partial charge in [0.1, 0.15) is 0 Å². The molecule has 0 aromatic heterocycles. The quantitative estimate of drug-likeness (QED) is 0.378. The maximum Gasteiger partial charge on any atom is 0 e. The summed E-state index contributed by atoms with van der Waals surface area (Å²) in [5, 5.41) is 0. The van der Waals surface area contributed by atoms with Gasteiger partial charge >= 0.3 is 127 Å². The van der Waals surface area contributed by atoms with Crippen molar-refractivity contribution in [2.24, 2.45) is 0 Å². The third kappa shape index (κ3) is 34.8. The third-order valence-electron chi connectivity index (χ3n) is 1.73. The molecule has 0 amide bonds. The fourth-order valence-corrected chi connectivity index (χ4v) is 1.44. The summed E-state index contributed by atoms with van der Waals surface area (Å²) in [5.74, 6) is 1.13. The van der Waals surface area contributed by atoms with Crippen LogP contribution in [0.2, 0.25) is 0 Å². The van der Waals surface area contributed by atoms with E-state index in [1.54, 1.807) is 0 Å². The average molecular weight is 434 g/mol. The molecule has 26 heavy (non-hydrogen) atoms. The van der Waals surface area contributed by atoms with Crippen LogP contribution in [0.5, 0.6) is 0 Å². The summed E-state index contributed by atoms with van der Waals surface area (Å²) in [4.78, 5) is 0. The van der Waals surface area contributed by atoms with E-state index >= 15 is 0 Å². The fourth-order valence-electron chi connectivity index (χ4n) is 1.05. The number of hydrogen-bond acceptors (Lipinski definition) is 1. The zero-order valence-corrected chi connectivity index (χ0v) is 16.0. The molecule has 0 aromatic rings. The van der Waals surface area contributed by atoms with E-state index in [2.05, 4.69) is 49.1 Å². The van der Waals surface area contributed by atoms with E-state index in [0.29, 0.717) is 6.61 Å². The van der Waals surface area contributed by atoms with E-state index in [1.165, 1.54) is 0 Å². The molecule has 136 valence electrons. The van der Waals surface area contributed by atoms with Crippen LogP contribution in [0.25, 0.3) is 0 Å². The molecule has 0 N–H and O–H groups in total. The van der Waals surface area contributed by atoms with Gasteiger partial charge in [-0.05, 0) is 32.1 Å². The normalized spacial score (nSPS) is 12.6. The summed E-state index contributed by atoms with van der Waals surface area (Å²) < 4.78 is 43.6. The Kier molecular flexibility index (Phi) is 77.1. The maximum atomic E-state index is 7.50. The van der Waals surface area contributed by atoms with E-state index in [4.69, 9.17) is 28.0 Å². The first-order valence-corrected chi connectivity index (χ1v) is 6.56. The van der Waals surface area contributed by atoms with Crippen LogP contribution in [0.3, 0.4) is 0 Å². The number of ether oxygens (including phenoxy) is 1. The van der Waals surface area contributed by atoms with Crippen molar-refractivity contribution >= 4 is 4.57 Å². The van der Waals surface area contributed by atoms with Crippen molar-refractivity contribution in [2.75, 3.05) is 6.61 Å². The summed E-state index contributed by atoms with van der Waals surface area (Å²) in [5.41, 5.74) is 0. The fraction of sp³-hybridized carbons (Fsp3) is 0.111. The van der Waals surface area contributed by atoms with Crippen molar-refractivity contribution < 1.29 is 60.9 Å². The molecule has 0 aliphatic heterocycles. The Labute approximate surface area is 175 Å². The van der Waals surface area contributed by atoms with Gasteiger partial charge < -0.3 is 0 Å². The summed E-state index contributed by atoms with van der Waals surface area (Å²) in [7, 11) is 0. The molecule has 0 heterocycles. The van der Waals surface area contributed by atoms with Crippen molar-refractivity contribution in [2.45, 2.75) is 6.92 Å². The molecule has 8 heteroatoms. The van der Waals surface area contributed by atoms with E-state index in [-0.39, 0.29) is 17.1 Å². The molecular weight excluding hydrogens is 420 g/mol. The molecule has 2 fully saturated rings. The molecule has 0 saturated heterocycles. The zero-order chi connectivity index (χ0) is 20.9. The largest absolute Gasteiger partial charge is 0.0312 e. The Morgan fingerprint density at radius 1 is 0.731 bits per heavy atom. The van der Waals surface area contributed by atoms with E-state index in [9.17, 15) is 0 Å². The Hall–Kier alpha value is -0.418. The SMILES string of the molecule is CCO[C](=[Cr])[C]1[CH][CH][CH][CH]1.[C-]#[O+].[C-]#[O+].[C-]#[O+].[C-]#[O+].[C-]#[O+].[CH]1[CH][CH][CH][CH]1.[Fe]. The van der Waals surface area contributed by atoms with Crippen LogP contribution in [-0.2, 0) is 60.9 Å². The third-order valence-corrected chi connectivity index (χ3v) is 2.28. The van der Waals surface area contributed by atoms with Gasteiger partial charge in [-0.25, -0.2) is 0 Å². The maximum absolute atomic E-state index is 7.50. The number of rotatable bonds is 3. The van der Waals surface area contributed by atoms with Crippen LogP contribution in [0.15, 0.2) is 0 Å². The second kappa shape index (κ2) is 49.7. The Balaban J connectivity index is -0.0000000536. The number of hydrogen-bond donors (Lipinski definition) is 0. The van der Waals surface area contributed by atoms with Crippen LogP contribution < -0.4 is 0 Å². The minimum absolute atomic E-state index is 0. The standard InChI is InChI=1S/C8H9O.C5H5.5CO.Cr.Fe/c1-2-9-7-8-5-3-4-6-8;1-2-4-5-3-1;5*1-2;;/h3-6H,2H2,1H3;1-5H;;;;;;;. The minimum Gasteiger partial charge on any atom is -0.0312 e. The van der Waals surface area contributed by atoms with Crippen molar-refractivity contribution in [3.63, 3.8) is 0 Å². The average Bonchev–Trinajstić information content (AvgIpc) is 3.46.